The van der Waals surface area contributed by atoms with Gasteiger partial charge in [0.15, 0.2) is 5.78 Å². The number of benzene rings is 3. The molecule has 348 valence electrons. The lowest BCUT2D eigenvalue weighted by molar-refractivity contribution is -0.142. The number of aryl methyl sites for hydroxylation is 3. The first kappa shape index (κ1) is 47.6. The first-order chi connectivity index (χ1) is 31.5. The summed E-state index contributed by atoms with van der Waals surface area (Å²) in [6.45, 7) is 4.37. The topological polar surface area (TPSA) is 169 Å². The van der Waals surface area contributed by atoms with Crippen molar-refractivity contribution < 1.29 is 28.8 Å². The van der Waals surface area contributed by atoms with Crippen molar-refractivity contribution in [1.82, 2.24) is 36.4 Å². The van der Waals surface area contributed by atoms with Crippen LogP contribution in [0.1, 0.15) is 136 Å². The molecule has 2 heterocycles. The Labute approximate surface area is 384 Å². The monoisotopic (exact) mass is 888 g/mol. The largest absolute Gasteiger partial charge is 0.347 e. The van der Waals surface area contributed by atoms with Crippen molar-refractivity contribution in [3.05, 3.63) is 106 Å². The number of likely N-dealkylation sites (N-methyl/N-ethyl adjacent to an activating group) is 2. The second-order valence-electron chi connectivity index (χ2n) is 18.6. The molecule has 0 bridgehead atoms. The van der Waals surface area contributed by atoms with Crippen LogP contribution in [-0.4, -0.2) is 103 Å². The number of hydrogen-bond donors (Lipinski definition) is 5. The smallest absolute Gasteiger partial charge is 0.250 e. The number of hydrogen-bond acceptors (Lipinski definition) is 8. The number of carbonyl (C=O) groups excluding carboxylic acids is 6. The predicted octanol–water partition coefficient (Wildman–Crippen LogP) is 5.12. The number of ketones is 1. The molecule has 2 aliphatic carbocycles. The van der Waals surface area contributed by atoms with Crippen molar-refractivity contribution in [2.24, 2.45) is 0 Å². The Hall–Kier alpha value is -5.40. The van der Waals surface area contributed by atoms with Gasteiger partial charge >= 0.3 is 0 Å². The molecule has 0 aromatic heterocycles. The Morgan fingerprint density at radius 2 is 1.23 bits per heavy atom. The third-order valence-corrected chi connectivity index (χ3v) is 14.4. The minimum Gasteiger partial charge on any atom is -0.347 e. The van der Waals surface area contributed by atoms with Crippen LogP contribution in [-0.2, 0) is 48.0 Å². The van der Waals surface area contributed by atoms with E-state index < -0.39 is 36.3 Å². The molecule has 0 spiro atoms. The summed E-state index contributed by atoms with van der Waals surface area (Å²) in [7, 11) is 3.39. The molecule has 7 rings (SSSR count). The number of rotatable bonds is 18. The summed E-state index contributed by atoms with van der Waals surface area (Å²) in [5.41, 5.74) is 6.51. The first-order valence-electron chi connectivity index (χ1n) is 24.1. The summed E-state index contributed by atoms with van der Waals surface area (Å²) in [4.78, 5) is 86.5. The Morgan fingerprint density at radius 1 is 0.646 bits per heavy atom. The minimum absolute atomic E-state index is 0.0732. The van der Waals surface area contributed by atoms with E-state index in [-0.39, 0.29) is 47.3 Å². The molecule has 8 atom stereocenters. The van der Waals surface area contributed by atoms with Gasteiger partial charge in [0.2, 0.25) is 29.5 Å². The number of nitrogens with zero attached hydrogens (tertiary/aromatic N) is 2. The van der Waals surface area contributed by atoms with Crippen LogP contribution in [0.3, 0.4) is 0 Å². The molecule has 3 aromatic carbocycles. The van der Waals surface area contributed by atoms with Crippen LogP contribution in [0, 0.1) is 0 Å². The van der Waals surface area contributed by atoms with Gasteiger partial charge in [-0.1, -0.05) is 72.8 Å². The van der Waals surface area contributed by atoms with E-state index >= 15 is 0 Å². The highest BCUT2D eigenvalue weighted by atomic mass is 16.2. The maximum Gasteiger partial charge on any atom is 0.250 e. The number of Topliss-reactive ketones (excluding diaryl/α,β-unsaturated/α-hetero) is 1. The van der Waals surface area contributed by atoms with E-state index in [9.17, 15) is 28.8 Å². The van der Waals surface area contributed by atoms with Gasteiger partial charge in [0, 0.05) is 19.5 Å². The fraction of sp³-hybridized carbons (Fsp3) is 0.538. The van der Waals surface area contributed by atoms with Gasteiger partial charge < -0.3 is 36.4 Å². The summed E-state index contributed by atoms with van der Waals surface area (Å²) < 4.78 is 0. The molecule has 3 aromatic rings. The fourth-order valence-electron chi connectivity index (χ4n) is 10.4. The summed E-state index contributed by atoms with van der Waals surface area (Å²) in [6, 6.07) is 20.0. The van der Waals surface area contributed by atoms with Crippen LogP contribution in [0.2, 0.25) is 0 Å². The highest BCUT2D eigenvalue weighted by Gasteiger charge is 2.41. The van der Waals surface area contributed by atoms with Gasteiger partial charge in [0.25, 0.3) is 0 Å². The molecule has 13 heteroatoms. The Kier molecular flexibility index (Phi) is 16.2. The molecule has 13 nitrogen and oxygen atoms in total. The average Bonchev–Trinajstić information content (AvgIpc) is 4.04. The van der Waals surface area contributed by atoms with Gasteiger partial charge in [-0.05, 0) is 151 Å². The zero-order valence-electron chi connectivity index (χ0n) is 38.7. The molecule has 5 N–H and O–H groups in total. The van der Waals surface area contributed by atoms with E-state index in [1.165, 1.54) is 16.7 Å². The first-order valence-corrected chi connectivity index (χ1v) is 24.1. The van der Waals surface area contributed by atoms with Crippen LogP contribution in [0.5, 0.6) is 0 Å². The van der Waals surface area contributed by atoms with E-state index in [2.05, 4.69) is 50.8 Å². The third kappa shape index (κ3) is 11.4. The molecule has 65 heavy (non-hydrogen) atoms. The molecule has 0 saturated carbocycles. The Bertz CT molecular complexity index is 2180. The van der Waals surface area contributed by atoms with Crippen molar-refractivity contribution in [2.75, 3.05) is 27.2 Å². The number of fused-ring (bicyclic) bond motifs is 2. The van der Waals surface area contributed by atoms with E-state index in [0.717, 1.165) is 56.1 Å². The molecule has 5 amide bonds. The average molecular weight is 888 g/mol. The van der Waals surface area contributed by atoms with Crippen LogP contribution >= 0.6 is 0 Å². The number of likely N-dealkylation sites (tertiary alicyclic amines) is 2. The minimum atomic E-state index is -0.985. The van der Waals surface area contributed by atoms with Crippen LogP contribution in [0.25, 0.3) is 0 Å². The maximum atomic E-state index is 14.5. The number of nitrogens with one attached hydrogen (secondary N) is 5. The molecule has 2 saturated heterocycles. The lowest BCUT2D eigenvalue weighted by Gasteiger charge is -2.32. The van der Waals surface area contributed by atoms with E-state index in [1.807, 2.05) is 48.5 Å². The van der Waals surface area contributed by atoms with E-state index in [4.69, 9.17) is 0 Å². The molecule has 0 radical (unpaired) electrons. The quantitative estimate of drug-likeness (QED) is 0.117. The van der Waals surface area contributed by atoms with Crippen molar-refractivity contribution in [3.63, 3.8) is 0 Å². The molecule has 2 fully saturated rings. The lowest BCUT2D eigenvalue weighted by Crippen LogP contribution is -2.55. The van der Waals surface area contributed by atoms with Gasteiger partial charge in [-0.25, -0.2) is 0 Å². The molecular weight excluding hydrogens is 819 g/mol. The van der Waals surface area contributed by atoms with Gasteiger partial charge in [0.1, 0.15) is 18.1 Å². The summed E-state index contributed by atoms with van der Waals surface area (Å²) in [6.07, 6.45) is 10.3. The van der Waals surface area contributed by atoms with Gasteiger partial charge in [-0.2, -0.15) is 0 Å². The van der Waals surface area contributed by atoms with E-state index in [0.29, 0.717) is 63.6 Å². The Morgan fingerprint density at radius 3 is 1.91 bits per heavy atom. The fourth-order valence-corrected chi connectivity index (χ4v) is 10.4. The van der Waals surface area contributed by atoms with Crippen LogP contribution in [0.4, 0.5) is 0 Å². The number of amides is 5. The molecule has 0 unspecified atom stereocenters. The maximum absolute atomic E-state index is 14.5. The number of carbonyl (C=O) groups is 6. The SMILES string of the molecule is CN[C@@H](C)C(=O)N[C@@H](CCCc1ccc([C@H](NC(=O)[C@H](C)NC)C(=O)N2CCC[C@H]2C(=O)C[C@@H]2CCCc3ccccc32)cc1)C(=O)N1CCC[C@H]1C(=O)N[C@@H]1CCCc2ccccc21. The predicted molar refractivity (Wildman–Crippen MR) is 251 cm³/mol. The molecule has 2 aliphatic heterocycles. The van der Waals surface area contributed by atoms with Gasteiger partial charge in [-0.3, -0.25) is 28.8 Å². The summed E-state index contributed by atoms with van der Waals surface area (Å²) in [5.74, 6) is -1.10. The van der Waals surface area contributed by atoms with Gasteiger partial charge in [-0.15, -0.1) is 0 Å². The normalized spacial score (nSPS) is 22.2. The summed E-state index contributed by atoms with van der Waals surface area (Å²) in [5, 5.41) is 15.1. The van der Waals surface area contributed by atoms with Crippen molar-refractivity contribution in [2.45, 2.75) is 152 Å². The zero-order chi connectivity index (χ0) is 46.0. The molecule has 4 aliphatic rings. The zero-order valence-corrected chi connectivity index (χ0v) is 38.7. The Balaban J connectivity index is 1.01. The molecular formula is C52H69N7O6. The highest BCUT2D eigenvalue weighted by Crippen LogP contribution is 2.36. The van der Waals surface area contributed by atoms with E-state index in [1.54, 1.807) is 37.7 Å². The standard InChI is InChI=1S/C52H69N7O6/c1-33(53-3)48(61)56-43(51(64)59-31-13-25-45(59)50(63)55-42-22-11-18-37-16-6-8-21-41(37)42)23-9-14-35-26-28-38(29-27-35)47(57-49(62)34(2)54-4)52(65)58-30-12-24-44(58)46(60)32-39-19-10-17-36-15-5-7-20-40(36)39/h5-8,15-16,20-21,26-29,33-34,39,42-45,47,53-54H,9-14,17-19,22-25,30-32H2,1-4H3,(H,55,63)(H,56,61)(H,57,62)/t33-,34-,39-,42+,43-,44-,45-,47-/m0/s1. The lowest BCUT2D eigenvalue weighted by atomic mass is 9.79. The van der Waals surface area contributed by atoms with Crippen LogP contribution < -0.4 is 26.6 Å². The highest BCUT2D eigenvalue weighted by molar-refractivity contribution is 5.95. The third-order valence-electron chi connectivity index (χ3n) is 14.4. The van der Waals surface area contributed by atoms with Crippen LogP contribution in [0.15, 0.2) is 72.8 Å². The van der Waals surface area contributed by atoms with Gasteiger partial charge in [0.05, 0.1) is 24.2 Å². The second-order valence-corrected chi connectivity index (χ2v) is 18.6. The van der Waals surface area contributed by atoms with Crippen molar-refractivity contribution >= 4 is 35.3 Å². The van der Waals surface area contributed by atoms with Crippen molar-refractivity contribution in [1.29, 1.82) is 0 Å². The summed E-state index contributed by atoms with van der Waals surface area (Å²) >= 11 is 0. The van der Waals surface area contributed by atoms with Crippen molar-refractivity contribution in [3.8, 4) is 0 Å². The second kappa shape index (κ2) is 22.2.